The van der Waals surface area contributed by atoms with Crippen molar-refractivity contribution in [2.24, 2.45) is 0 Å². The summed E-state index contributed by atoms with van der Waals surface area (Å²) in [6.45, 7) is -1.16. The highest BCUT2D eigenvalue weighted by atomic mass is 32.2. The fourth-order valence-corrected chi connectivity index (χ4v) is 6.89. The normalized spacial score (nSPS) is 17.8. The number of nitrogens with zero attached hydrogens (tertiary/aromatic N) is 2. The Morgan fingerprint density at radius 3 is 2.84 bits per heavy atom. The number of aromatic nitrogens is 1. The smallest absolute Gasteiger partial charge is 0.422 e. The molecule has 4 rings (SSSR count). The Labute approximate surface area is 183 Å². The molecule has 1 aromatic carbocycles. The molecule has 0 spiro atoms. The van der Waals surface area contributed by atoms with Gasteiger partial charge in [-0.2, -0.15) is 17.5 Å². The third kappa shape index (κ3) is 4.84. The Bertz CT molecular complexity index is 1190. The number of amides is 1. The van der Waals surface area contributed by atoms with Crippen LogP contribution in [-0.2, 0) is 14.8 Å². The van der Waals surface area contributed by atoms with Crippen molar-refractivity contribution in [1.29, 1.82) is 0 Å². The Balaban J connectivity index is 1.49. The number of anilines is 1. The number of benzene rings is 1. The number of thiazole rings is 1. The van der Waals surface area contributed by atoms with Crippen molar-refractivity contribution in [3.05, 3.63) is 35.7 Å². The predicted octanol–water partition coefficient (Wildman–Crippen LogP) is 4.09. The number of ether oxygens (including phenoxy) is 1. The van der Waals surface area contributed by atoms with Crippen molar-refractivity contribution in [3.8, 4) is 5.75 Å². The highest BCUT2D eigenvalue weighted by Crippen LogP contribution is 2.32. The molecule has 3 heterocycles. The number of hydrogen-bond acceptors (Lipinski definition) is 7. The molecule has 13 heteroatoms. The van der Waals surface area contributed by atoms with Gasteiger partial charge in [-0.1, -0.05) is 17.4 Å². The summed E-state index contributed by atoms with van der Waals surface area (Å²) in [6.07, 6.45) is -3.50. The molecular formula is C18H16F3N3O4S3. The summed E-state index contributed by atoms with van der Waals surface area (Å²) in [6, 6.07) is 6.56. The van der Waals surface area contributed by atoms with Gasteiger partial charge in [-0.25, -0.2) is 13.4 Å². The molecule has 1 unspecified atom stereocenters. The molecule has 166 valence electrons. The lowest BCUT2D eigenvalue weighted by Crippen LogP contribution is -2.42. The van der Waals surface area contributed by atoms with Crippen LogP contribution in [0.4, 0.5) is 18.3 Å². The number of carbonyl (C=O) groups is 1. The Morgan fingerprint density at radius 1 is 1.32 bits per heavy atom. The van der Waals surface area contributed by atoms with Crippen LogP contribution in [0.5, 0.6) is 5.75 Å². The number of sulfonamides is 1. The molecule has 0 radical (unpaired) electrons. The summed E-state index contributed by atoms with van der Waals surface area (Å²) >= 11 is 2.16. The number of fused-ring (bicyclic) bond motifs is 1. The number of carbonyl (C=O) groups excluding carboxylic acids is 1. The molecule has 0 bridgehead atoms. The molecule has 1 amide bonds. The predicted molar refractivity (Wildman–Crippen MR) is 111 cm³/mol. The van der Waals surface area contributed by atoms with E-state index in [1.807, 2.05) is 0 Å². The molecule has 1 saturated heterocycles. The molecule has 7 nitrogen and oxygen atoms in total. The van der Waals surface area contributed by atoms with Crippen LogP contribution in [0.2, 0.25) is 0 Å². The number of thiophene rings is 1. The van der Waals surface area contributed by atoms with E-state index in [-0.39, 0.29) is 21.6 Å². The maximum Gasteiger partial charge on any atom is 0.422 e. The zero-order valence-electron chi connectivity index (χ0n) is 15.8. The van der Waals surface area contributed by atoms with Gasteiger partial charge >= 0.3 is 6.18 Å². The van der Waals surface area contributed by atoms with Crippen molar-refractivity contribution in [3.63, 3.8) is 0 Å². The molecule has 1 fully saturated rings. The van der Waals surface area contributed by atoms with Gasteiger partial charge in [0.15, 0.2) is 11.7 Å². The molecule has 1 aliphatic heterocycles. The highest BCUT2D eigenvalue weighted by Gasteiger charge is 2.40. The summed E-state index contributed by atoms with van der Waals surface area (Å²) in [4.78, 5) is 17.1. The highest BCUT2D eigenvalue weighted by molar-refractivity contribution is 7.91. The first kappa shape index (κ1) is 22.0. The molecular weight excluding hydrogens is 475 g/mol. The van der Waals surface area contributed by atoms with E-state index in [1.54, 1.807) is 11.4 Å². The molecule has 0 saturated carbocycles. The second-order valence-electron chi connectivity index (χ2n) is 6.75. The third-order valence-corrected chi connectivity index (χ3v) is 8.77. The monoisotopic (exact) mass is 491 g/mol. The lowest BCUT2D eigenvalue weighted by molar-refractivity contribution is -0.153. The van der Waals surface area contributed by atoms with Gasteiger partial charge in [-0.15, -0.1) is 11.3 Å². The van der Waals surface area contributed by atoms with Crippen LogP contribution in [0.1, 0.15) is 12.8 Å². The summed E-state index contributed by atoms with van der Waals surface area (Å²) in [5.74, 6) is -0.458. The van der Waals surface area contributed by atoms with Crippen molar-refractivity contribution in [2.45, 2.75) is 29.3 Å². The summed E-state index contributed by atoms with van der Waals surface area (Å²) in [7, 11) is -3.76. The van der Waals surface area contributed by atoms with Gasteiger partial charge in [-0.05, 0) is 42.5 Å². The SMILES string of the molecule is O=C(Nc1nc2ccc(OCC(F)(F)F)cc2s1)C1CCCN1S(=O)(=O)c1cccs1. The van der Waals surface area contributed by atoms with Gasteiger partial charge in [0.2, 0.25) is 5.91 Å². The molecule has 1 N–H and O–H groups in total. The van der Waals surface area contributed by atoms with E-state index in [9.17, 15) is 26.4 Å². The van der Waals surface area contributed by atoms with Crippen molar-refractivity contribution >= 4 is 54.0 Å². The average molecular weight is 492 g/mol. The van der Waals surface area contributed by atoms with Gasteiger partial charge in [0.25, 0.3) is 10.0 Å². The third-order valence-electron chi connectivity index (χ3n) is 4.56. The number of hydrogen-bond donors (Lipinski definition) is 1. The first-order valence-corrected chi connectivity index (χ1v) is 12.2. The van der Waals surface area contributed by atoms with Crippen LogP contribution in [0, 0.1) is 0 Å². The Kier molecular flexibility index (Phi) is 5.94. The van der Waals surface area contributed by atoms with Crippen molar-refractivity contribution < 1.29 is 31.1 Å². The molecule has 0 aliphatic carbocycles. The maximum atomic E-state index is 12.8. The van der Waals surface area contributed by atoms with Crippen LogP contribution in [-0.4, -0.2) is 49.0 Å². The topological polar surface area (TPSA) is 88.6 Å². The lowest BCUT2D eigenvalue weighted by atomic mass is 10.2. The summed E-state index contributed by atoms with van der Waals surface area (Å²) < 4.78 is 69.3. The van der Waals surface area contributed by atoms with E-state index in [0.29, 0.717) is 23.1 Å². The van der Waals surface area contributed by atoms with Gasteiger partial charge in [0.1, 0.15) is 16.0 Å². The van der Waals surface area contributed by atoms with E-state index in [1.165, 1.54) is 28.6 Å². The molecule has 3 aromatic rings. The fourth-order valence-electron chi connectivity index (χ4n) is 3.22. The fraction of sp³-hybridized carbons (Fsp3) is 0.333. The Hall–Kier alpha value is -2.22. The number of nitrogens with one attached hydrogen (secondary N) is 1. The number of halogens is 3. The zero-order chi connectivity index (χ0) is 22.2. The maximum absolute atomic E-state index is 12.8. The van der Waals surface area contributed by atoms with Crippen LogP contribution >= 0.6 is 22.7 Å². The second-order valence-corrected chi connectivity index (χ2v) is 10.8. The minimum Gasteiger partial charge on any atom is -0.484 e. The minimum absolute atomic E-state index is 0.0374. The average Bonchev–Trinajstić information content (AvgIpc) is 3.45. The van der Waals surface area contributed by atoms with E-state index >= 15 is 0 Å². The van der Waals surface area contributed by atoms with Gasteiger partial charge in [0, 0.05) is 6.54 Å². The number of rotatable bonds is 6. The van der Waals surface area contributed by atoms with Gasteiger partial charge < -0.3 is 10.1 Å². The molecule has 1 aliphatic rings. The zero-order valence-corrected chi connectivity index (χ0v) is 18.2. The molecule has 1 atom stereocenters. The number of alkyl halides is 3. The molecule has 31 heavy (non-hydrogen) atoms. The standard InChI is InChI=1S/C18H16F3N3O4S3/c19-18(20,21)10-28-11-5-6-12-14(9-11)30-17(22-12)23-16(25)13-3-1-7-24(13)31(26,27)15-4-2-8-29-15/h2,4-6,8-9,13H,1,3,7,10H2,(H,22,23,25). The second kappa shape index (κ2) is 8.37. The summed E-state index contributed by atoms with van der Waals surface area (Å²) in [5.41, 5.74) is 0.481. The first-order valence-electron chi connectivity index (χ1n) is 9.10. The van der Waals surface area contributed by atoms with Crippen LogP contribution in [0.15, 0.2) is 39.9 Å². The van der Waals surface area contributed by atoms with Crippen molar-refractivity contribution in [2.75, 3.05) is 18.5 Å². The van der Waals surface area contributed by atoms with Gasteiger partial charge in [-0.3, -0.25) is 4.79 Å². The Morgan fingerprint density at radius 2 is 2.13 bits per heavy atom. The van der Waals surface area contributed by atoms with Gasteiger partial charge in [0.05, 0.1) is 10.2 Å². The molecule has 2 aromatic heterocycles. The van der Waals surface area contributed by atoms with E-state index in [4.69, 9.17) is 4.74 Å². The van der Waals surface area contributed by atoms with E-state index in [0.717, 1.165) is 22.7 Å². The van der Waals surface area contributed by atoms with Crippen molar-refractivity contribution in [1.82, 2.24) is 9.29 Å². The largest absolute Gasteiger partial charge is 0.484 e. The quantitative estimate of drug-likeness (QED) is 0.561. The van der Waals surface area contributed by atoms with E-state index in [2.05, 4.69) is 10.3 Å². The van der Waals surface area contributed by atoms with Crippen LogP contribution in [0.25, 0.3) is 10.2 Å². The lowest BCUT2D eigenvalue weighted by Gasteiger charge is -2.22. The van der Waals surface area contributed by atoms with Crippen LogP contribution < -0.4 is 10.1 Å². The first-order chi connectivity index (χ1) is 14.6. The van der Waals surface area contributed by atoms with E-state index < -0.39 is 34.8 Å². The minimum atomic E-state index is -4.45. The van der Waals surface area contributed by atoms with Crippen LogP contribution in [0.3, 0.4) is 0 Å². The summed E-state index contributed by atoms with van der Waals surface area (Å²) in [5, 5.41) is 4.53.